The standard InChI is InChI=1S/C18H26N2O2/c1-14-4-5-15(2)16(12-14)13-18(21)19-9-6-17(7-10-19)20-8-3-11-22-20/h4-5,12,17H,3,6-11,13H2,1-2H3. The first-order valence-corrected chi connectivity index (χ1v) is 8.37. The molecule has 0 saturated carbocycles. The molecular formula is C18H26N2O2. The van der Waals surface area contributed by atoms with Crippen molar-refractivity contribution < 1.29 is 9.63 Å². The van der Waals surface area contributed by atoms with Crippen molar-refractivity contribution in [2.45, 2.75) is 45.6 Å². The number of piperidine rings is 1. The fourth-order valence-electron chi connectivity index (χ4n) is 3.42. The number of rotatable bonds is 3. The average molecular weight is 302 g/mol. The lowest BCUT2D eigenvalue weighted by molar-refractivity contribution is -0.155. The van der Waals surface area contributed by atoms with Crippen LogP contribution in [0.25, 0.3) is 0 Å². The van der Waals surface area contributed by atoms with Gasteiger partial charge in [0.2, 0.25) is 5.91 Å². The van der Waals surface area contributed by atoms with Crippen LogP contribution in [-0.4, -0.2) is 48.2 Å². The van der Waals surface area contributed by atoms with Gasteiger partial charge in [0.1, 0.15) is 0 Å². The van der Waals surface area contributed by atoms with Crippen LogP contribution in [0.5, 0.6) is 0 Å². The molecule has 0 aromatic heterocycles. The maximum absolute atomic E-state index is 12.5. The summed E-state index contributed by atoms with van der Waals surface area (Å²) in [5, 5.41) is 2.13. The number of aryl methyl sites for hydroxylation is 2. The quantitative estimate of drug-likeness (QED) is 0.860. The number of likely N-dealkylation sites (tertiary alicyclic amines) is 1. The molecule has 0 radical (unpaired) electrons. The normalized spacial score (nSPS) is 20.5. The molecule has 1 aromatic rings. The fourth-order valence-corrected chi connectivity index (χ4v) is 3.42. The second kappa shape index (κ2) is 6.80. The van der Waals surface area contributed by atoms with Gasteiger partial charge in [-0.25, -0.2) is 0 Å². The van der Waals surface area contributed by atoms with Crippen molar-refractivity contribution in [2.75, 3.05) is 26.2 Å². The Morgan fingerprint density at radius 3 is 2.68 bits per heavy atom. The SMILES string of the molecule is Cc1ccc(C)c(CC(=O)N2CCC(N3CCCO3)CC2)c1. The van der Waals surface area contributed by atoms with E-state index >= 15 is 0 Å². The molecule has 2 fully saturated rings. The van der Waals surface area contributed by atoms with E-state index in [1.165, 1.54) is 11.1 Å². The van der Waals surface area contributed by atoms with Gasteiger partial charge >= 0.3 is 0 Å². The van der Waals surface area contributed by atoms with Crippen molar-refractivity contribution in [1.82, 2.24) is 9.96 Å². The number of benzene rings is 1. The Kier molecular flexibility index (Phi) is 4.79. The van der Waals surface area contributed by atoms with E-state index in [4.69, 9.17) is 4.84 Å². The zero-order valence-electron chi connectivity index (χ0n) is 13.7. The van der Waals surface area contributed by atoms with Crippen LogP contribution in [0.4, 0.5) is 0 Å². The molecule has 2 saturated heterocycles. The van der Waals surface area contributed by atoms with E-state index in [1.54, 1.807) is 0 Å². The molecule has 1 amide bonds. The van der Waals surface area contributed by atoms with Gasteiger partial charge in [-0.3, -0.25) is 9.63 Å². The van der Waals surface area contributed by atoms with Crippen LogP contribution < -0.4 is 0 Å². The summed E-state index contributed by atoms with van der Waals surface area (Å²) in [4.78, 5) is 20.2. The first kappa shape index (κ1) is 15.5. The zero-order valence-corrected chi connectivity index (χ0v) is 13.7. The van der Waals surface area contributed by atoms with E-state index in [-0.39, 0.29) is 5.91 Å². The number of hydrogen-bond acceptors (Lipinski definition) is 3. The van der Waals surface area contributed by atoms with Crippen LogP contribution in [0.2, 0.25) is 0 Å². The van der Waals surface area contributed by atoms with E-state index in [0.29, 0.717) is 12.5 Å². The molecule has 0 unspecified atom stereocenters. The molecule has 4 nitrogen and oxygen atoms in total. The maximum atomic E-state index is 12.5. The molecule has 0 aliphatic carbocycles. The molecule has 4 heteroatoms. The van der Waals surface area contributed by atoms with Crippen LogP contribution in [-0.2, 0) is 16.1 Å². The molecule has 120 valence electrons. The number of hydrogen-bond donors (Lipinski definition) is 0. The lowest BCUT2D eigenvalue weighted by Gasteiger charge is -2.35. The first-order valence-electron chi connectivity index (χ1n) is 8.37. The van der Waals surface area contributed by atoms with E-state index < -0.39 is 0 Å². The summed E-state index contributed by atoms with van der Waals surface area (Å²) in [6, 6.07) is 6.84. The molecule has 0 N–H and O–H groups in total. The molecular weight excluding hydrogens is 276 g/mol. The van der Waals surface area contributed by atoms with Gasteiger partial charge in [0.15, 0.2) is 0 Å². The van der Waals surface area contributed by atoms with Crippen molar-refractivity contribution in [1.29, 1.82) is 0 Å². The monoisotopic (exact) mass is 302 g/mol. The summed E-state index contributed by atoms with van der Waals surface area (Å²) < 4.78 is 0. The molecule has 0 atom stereocenters. The van der Waals surface area contributed by atoms with E-state index in [9.17, 15) is 4.79 Å². The number of amides is 1. The molecule has 0 bridgehead atoms. The lowest BCUT2D eigenvalue weighted by Crippen LogP contribution is -2.46. The van der Waals surface area contributed by atoms with E-state index in [0.717, 1.165) is 51.1 Å². The minimum atomic E-state index is 0.259. The minimum Gasteiger partial charge on any atom is -0.342 e. The Morgan fingerprint density at radius 2 is 2.00 bits per heavy atom. The number of nitrogens with zero attached hydrogens (tertiary/aromatic N) is 2. The number of hydroxylamine groups is 2. The van der Waals surface area contributed by atoms with Gasteiger partial charge in [0.05, 0.1) is 13.0 Å². The highest BCUT2D eigenvalue weighted by atomic mass is 16.7. The largest absolute Gasteiger partial charge is 0.342 e. The minimum absolute atomic E-state index is 0.259. The summed E-state index contributed by atoms with van der Waals surface area (Å²) in [7, 11) is 0. The van der Waals surface area contributed by atoms with E-state index in [2.05, 4.69) is 37.1 Å². The van der Waals surface area contributed by atoms with Gasteiger partial charge in [-0.2, -0.15) is 5.06 Å². The van der Waals surface area contributed by atoms with Crippen LogP contribution >= 0.6 is 0 Å². The van der Waals surface area contributed by atoms with Gasteiger partial charge in [-0.15, -0.1) is 0 Å². The highest BCUT2D eigenvalue weighted by Crippen LogP contribution is 2.21. The van der Waals surface area contributed by atoms with Crippen LogP contribution in [0.1, 0.15) is 36.0 Å². The van der Waals surface area contributed by atoms with Crippen LogP contribution in [0.15, 0.2) is 18.2 Å². The third-order valence-electron chi connectivity index (χ3n) is 4.85. The molecule has 0 spiro atoms. The summed E-state index contributed by atoms with van der Waals surface area (Å²) in [6.07, 6.45) is 3.71. The Labute approximate surface area is 133 Å². The fraction of sp³-hybridized carbons (Fsp3) is 0.611. The lowest BCUT2D eigenvalue weighted by atomic mass is 10.0. The van der Waals surface area contributed by atoms with Gasteiger partial charge in [-0.05, 0) is 44.2 Å². The summed E-state index contributed by atoms with van der Waals surface area (Å²) in [5.74, 6) is 0.259. The van der Waals surface area contributed by atoms with Gasteiger partial charge in [-0.1, -0.05) is 23.8 Å². The van der Waals surface area contributed by atoms with E-state index in [1.807, 2.05) is 4.90 Å². The second-order valence-corrected chi connectivity index (χ2v) is 6.55. The molecule has 2 aliphatic rings. The Morgan fingerprint density at radius 1 is 1.23 bits per heavy atom. The van der Waals surface area contributed by atoms with Crippen molar-refractivity contribution in [3.63, 3.8) is 0 Å². The summed E-state index contributed by atoms with van der Waals surface area (Å²) >= 11 is 0. The second-order valence-electron chi connectivity index (χ2n) is 6.55. The zero-order chi connectivity index (χ0) is 15.5. The predicted molar refractivity (Wildman–Crippen MR) is 86.5 cm³/mol. The third-order valence-corrected chi connectivity index (χ3v) is 4.85. The van der Waals surface area contributed by atoms with Gasteiger partial charge in [0.25, 0.3) is 0 Å². The molecule has 1 aromatic carbocycles. The third kappa shape index (κ3) is 3.50. The Bertz CT molecular complexity index is 530. The van der Waals surface area contributed by atoms with Crippen molar-refractivity contribution in [3.8, 4) is 0 Å². The van der Waals surface area contributed by atoms with Gasteiger partial charge < -0.3 is 4.90 Å². The average Bonchev–Trinajstić information content (AvgIpc) is 3.05. The van der Waals surface area contributed by atoms with Crippen molar-refractivity contribution in [3.05, 3.63) is 34.9 Å². The van der Waals surface area contributed by atoms with Gasteiger partial charge in [0, 0.05) is 25.7 Å². The first-order chi connectivity index (χ1) is 10.6. The maximum Gasteiger partial charge on any atom is 0.227 e. The Hall–Kier alpha value is -1.39. The summed E-state index contributed by atoms with van der Waals surface area (Å²) in [6.45, 7) is 7.77. The Balaban J connectivity index is 1.54. The molecule has 3 rings (SSSR count). The number of carbonyl (C=O) groups is 1. The topological polar surface area (TPSA) is 32.8 Å². The highest BCUT2D eigenvalue weighted by molar-refractivity contribution is 5.79. The highest BCUT2D eigenvalue weighted by Gasteiger charge is 2.29. The van der Waals surface area contributed by atoms with Crippen molar-refractivity contribution in [2.24, 2.45) is 0 Å². The van der Waals surface area contributed by atoms with Crippen LogP contribution in [0.3, 0.4) is 0 Å². The van der Waals surface area contributed by atoms with Crippen LogP contribution in [0, 0.1) is 13.8 Å². The summed E-state index contributed by atoms with van der Waals surface area (Å²) in [5.41, 5.74) is 3.59. The molecule has 2 heterocycles. The number of carbonyl (C=O) groups excluding carboxylic acids is 1. The smallest absolute Gasteiger partial charge is 0.227 e. The van der Waals surface area contributed by atoms with Crippen molar-refractivity contribution >= 4 is 5.91 Å². The molecule has 22 heavy (non-hydrogen) atoms. The predicted octanol–water partition coefficient (Wildman–Crippen LogP) is 2.47. The molecule has 2 aliphatic heterocycles.